The van der Waals surface area contributed by atoms with Crippen molar-refractivity contribution in [3.8, 4) is 0 Å². The molecular formula is C17H19BrN2OS. The van der Waals surface area contributed by atoms with Crippen LogP contribution in [0, 0.1) is 0 Å². The zero-order valence-corrected chi connectivity index (χ0v) is 14.7. The Kier molecular flexibility index (Phi) is 5.16. The summed E-state index contributed by atoms with van der Waals surface area (Å²) in [5, 5.41) is 6.50. The van der Waals surface area contributed by atoms with Crippen LogP contribution in [0.4, 0.5) is 11.4 Å². The van der Waals surface area contributed by atoms with Crippen molar-refractivity contribution in [2.24, 2.45) is 0 Å². The van der Waals surface area contributed by atoms with Gasteiger partial charge in [0.2, 0.25) is 0 Å². The number of carbonyl (C=O) groups excluding carboxylic acids is 1. The standard InChI is InChI=1S/C17H19BrN2OS/c18-16-11-10-15(22-16)17(21)20-14-8-6-13(7-9-14)19-12-4-2-1-3-5-12/h6-12,19H,1-5H2,(H,20,21). The molecule has 1 aromatic heterocycles. The maximum absolute atomic E-state index is 12.1. The van der Waals surface area contributed by atoms with Crippen LogP contribution in [0.1, 0.15) is 41.8 Å². The molecule has 0 unspecified atom stereocenters. The molecule has 116 valence electrons. The number of hydrogen-bond donors (Lipinski definition) is 2. The molecule has 5 heteroatoms. The minimum Gasteiger partial charge on any atom is -0.382 e. The number of rotatable bonds is 4. The second-order valence-electron chi connectivity index (χ2n) is 5.61. The average Bonchev–Trinajstić information content (AvgIpc) is 2.97. The van der Waals surface area contributed by atoms with Crippen LogP contribution >= 0.6 is 27.3 Å². The Morgan fingerprint density at radius 2 is 1.68 bits per heavy atom. The summed E-state index contributed by atoms with van der Waals surface area (Å²) >= 11 is 4.81. The van der Waals surface area contributed by atoms with Crippen LogP contribution in [-0.2, 0) is 0 Å². The number of anilines is 2. The molecule has 0 aliphatic heterocycles. The van der Waals surface area contributed by atoms with Crippen LogP contribution in [0.2, 0.25) is 0 Å². The molecule has 0 saturated heterocycles. The van der Waals surface area contributed by atoms with Gasteiger partial charge in [0.1, 0.15) is 0 Å². The third kappa shape index (κ3) is 4.11. The highest BCUT2D eigenvalue weighted by Crippen LogP contribution is 2.24. The van der Waals surface area contributed by atoms with Gasteiger partial charge in [-0.3, -0.25) is 4.79 Å². The molecule has 1 amide bonds. The van der Waals surface area contributed by atoms with Gasteiger partial charge in [0.15, 0.2) is 0 Å². The Hall–Kier alpha value is -1.33. The van der Waals surface area contributed by atoms with Crippen molar-refractivity contribution in [1.82, 2.24) is 0 Å². The van der Waals surface area contributed by atoms with Crippen molar-refractivity contribution in [3.05, 3.63) is 45.1 Å². The molecule has 1 fully saturated rings. The number of halogens is 1. The average molecular weight is 379 g/mol. The van der Waals surface area contributed by atoms with Gasteiger partial charge < -0.3 is 10.6 Å². The number of nitrogens with one attached hydrogen (secondary N) is 2. The summed E-state index contributed by atoms with van der Waals surface area (Å²) in [6.45, 7) is 0. The van der Waals surface area contributed by atoms with E-state index in [4.69, 9.17) is 0 Å². The first-order valence-electron chi connectivity index (χ1n) is 7.64. The normalized spacial score (nSPS) is 15.5. The number of carbonyl (C=O) groups is 1. The van der Waals surface area contributed by atoms with Crippen LogP contribution in [0.15, 0.2) is 40.2 Å². The molecule has 1 heterocycles. The number of amides is 1. The summed E-state index contributed by atoms with van der Waals surface area (Å²) in [5.41, 5.74) is 1.95. The van der Waals surface area contributed by atoms with Gasteiger partial charge in [-0.2, -0.15) is 0 Å². The van der Waals surface area contributed by atoms with Gasteiger partial charge in [0, 0.05) is 17.4 Å². The van der Waals surface area contributed by atoms with Crippen LogP contribution in [-0.4, -0.2) is 11.9 Å². The van der Waals surface area contributed by atoms with Gasteiger partial charge in [-0.1, -0.05) is 19.3 Å². The topological polar surface area (TPSA) is 41.1 Å². The summed E-state index contributed by atoms with van der Waals surface area (Å²) in [6.07, 6.45) is 6.52. The molecular weight excluding hydrogens is 360 g/mol. The second kappa shape index (κ2) is 7.29. The van der Waals surface area contributed by atoms with E-state index in [0.29, 0.717) is 10.9 Å². The van der Waals surface area contributed by atoms with Crippen molar-refractivity contribution in [2.45, 2.75) is 38.1 Å². The fourth-order valence-corrected chi connectivity index (χ4v) is 4.04. The van der Waals surface area contributed by atoms with Crippen LogP contribution in [0.25, 0.3) is 0 Å². The van der Waals surface area contributed by atoms with E-state index in [0.717, 1.165) is 15.2 Å². The summed E-state index contributed by atoms with van der Waals surface area (Å²) in [5.74, 6) is -0.0660. The molecule has 1 aliphatic rings. The zero-order valence-electron chi connectivity index (χ0n) is 12.3. The fraction of sp³-hybridized carbons (Fsp3) is 0.353. The third-order valence-corrected chi connectivity index (χ3v) is 5.54. The number of benzene rings is 1. The molecule has 0 bridgehead atoms. The Balaban J connectivity index is 1.58. The van der Waals surface area contributed by atoms with E-state index in [1.165, 1.54) is 43.4 Å². The fourth-order valence-electron chi connectivity index (χ4n) is 2.76. The van der Waals surface area contributed by atoms with Gasteiger partial charge in [0.25, 0.3) is 5.91 Å². The van der Waals surface area contributed by atoms with Gasteiger partial charge in [-0.05, 0) is 65.2 Å². The molecule has 1 aromatic carbocycles. The lowest BCUT2D eigenvalue weighted by Crippen LogP contribution is -2.22. The van der Waals surface area contributed by atoms with Gasteiger partial charge in [-0.15, -0.1) is 11.3 Å². The smallest absolute Gasteiger partial charge is 0.265 e. The molecule has 0 atom stereocenters. The molecule has 2 N–H and O–H groups in total. The van der Waals surface area contributed by atoms with E-state index >= 15 is 0 Å². The maximum atomic E-state index is 12.1. The summed E-state index contributed by atoms with van der Waals surface area (Å²) < 4.78 is 0.963. The summed E-state index contributed by atoms with van der Waals surface area (Å²) in [7, 11) is 0. The predicted octanol–water partition coefficient (Wildman–Crippen LogP) is 5.51. The van der Waals surface area contributed by atoms with Crippen molar-refractivity contribution in [3.63, 3.8) is 0 Å². The first kappa shape index (κ1) is 15.6. The molecule has 22 heavy (non-hydrogen) atoms. The Morgan fingerprint density at radius 3 is 2.32 bits per heavy atom. The van der Waals surface area contributed by atoms with E-state index in [9.17, 15) is 4.79 Å². The first-order valence-corrected chi connectivity index (χ1v) is 9.25. The Morgan fingerprint density at radius 1 is 1.00 bits per heavy atom. The van der Waals surface area contributed by atoms with E-state index in [1.54, 1.807) is 0 Å². The molecule has 0 spiro atoms. The summed E-state index contributed by atoms with van der Waals surface area (Å²) in [6, 6.07) is 12.3. The SMILES string of the molecule is O=C(Nc1ccc(NC2CCCCC2)cc1)c1ccc(Br)s1. The van der Waals surface area contributed by atoms with Crippen molar-refractivity contribution < 1.29 is 4.79 Å². The third-order valence-electron chi connectivity index (χ3n) is 3.92. The van der Waals surface area contributed by atoms with E-state index in [-0.39, 0.29) is 5.91 Å². The molecule has 1 saturated carbocycles. The van der Waals surface area contributed by atoms with Crippen molar-refractivity contribution in [1.29, 1.82) is 0 Å². The lowest BCUT2D eigenvalue weighted by atomic mass is 9.95. The van der Waals surface area contributed by atoms with E-state index in [1.807, 2.05) is 36.4 Å². The maximum Gasteiger partial charge on any atom is 0.265 e. The quantitative estimate of drug-likeness (QED) is 0.736. The minimum absolute atomic E-state index is 0.0660. The molecule has 2 aromatic rings. The molecule has 1 aliphatic carbocycles. The van der Waals surface area contributed by atoms with Gasteiger partial charge >= 0.3 is 0 Å². The Bertz CT molecular complexity index is 632. The zero-order chi connectivity index (χ0) is 15.4. The number of thiophene rings is 1. The van der Waals surface area contributed by atoms with Crippen LogP contribution < -0.4 is 10.6 Å². The molecule has 0 radical (unpaired) electrons. The highest BCUT2D eigenvalue weighted by Gasteiger charge is 2.13. The highest BCUT2D eigenvalue weighted by molar-refractivity contribution is 9.11. The second-order valence-corrected chi connectivity index (χ2v) is 8.08. The van der Waals surface area contributed by atoms with Crippen LogP contribution in [0.3, 0.4) is 0 Å². The molecule has 3 rings (SSSR count). The van der Waals surface area contributed by atoms with Gasteiger partial charge in [-0.25, -0.2) is 0 Å². The lowest BCUT2D eigenvalue weighted by Gasteiger charge is -2.23. The summed E-state index contributed by atoms with van der Waals surface area (Å²) in [4.78, 5) is 12.8. The van der Waals surface area contributed by atoms with Crippen molar-refractivity contribution in [2.75, 3.05) is 10.6 Å². The Labute approximate surface area is 143 Å². The van der Waals surface area contributed by atoms with Crippen LogP contribution in [0.5, 0.6) is 0 Å². The molecule has 3 nitrogen and oxygen atoms in total. The highest BCUT2D eigenvalue weighted by atomic mass is 79.9. The van der Waals surface area contributed by atoms with E-state index < -0.39 is 0 Å². The monoisotopic (exact) mass is 378 g/mol. The minimum atomic E-state index is -0.0660. The van der Waals surface area contributed by atoms with Gasteiger partial charge in [0.05, 0.1) is 8.66 Å². The van der Waals surface area contributed by atoms with Crippen molar-refractivity contribution >= 4 is 44.5 Å². The lowest BCUT2D eigenvalue weighted by molar-refractivity contribution is 0.103. The van der Waals surface area contributed by atoms with E-state index in [2.05, 4.69) is 26.6 Å². The number of hydrogen-bond acceptors (Lipinski definition) is 3. The largest absolute Gasteiger partial charge is 0.382 e. The first-order chi connectivity index (χ1) is 10.7. The predicted molar refractivity (Wildman–Crippen MR) is 96.9 cm³/mol.